The number of morpholine rings is 1. The number of rotatable bonds is 4. The fourth-order valence-electron chi connectivity index (χ4n) is 1.98. The highest BCUT2D eigenvalue weighted by Crippen LogP contribution is 2.35. The first-order chi connectivity index (χ1) is 9.77. The zero-order valence-corrected chi connectivity index (χ0v) is 13.7. The lowest BCUT2D eigenvalue weighted by atomic mass is 10.3. The third kappa shape index (κ3) is 4.45. The number of primary sulfonamides is 1. The molecular formula is C12H16Cl2N2O4S. The van der Waals surface area contributed by atoms with Gasteiger partial charge in [-0.25, -0.2) is 13.6 Å². The largest absolute Gasteiger partial charge is 0.488 e. The first kappa shape index (κ1) is 16.8. The summed E-state index contributed by atoms with van der Waals surface area (Å²) in [6.45, 7) is 2.53. The lowest BCUT2D eigenvalue weighted by Gasteiger charge is -2.30. The molecule has 21 heavy (non-hydrogen) atoms. The molecule has 0 aliphatic carbocycles. The Morgan fingerprint density at radius 1 is 1.43 bits per heavy atom. The first-order valence-electron chi connectivity index (χ1n) is 6.22. The van der Waals surface area contributed by atoms with Crippen LogP contribution in [0.4, 0.5) is 0 Å². The number of hydrogen-bond acceptors (Lipinski definition) is 5. The van der Waals surface area contributed by atoms with Gasteiger partial charge in [-0.05, 0) is 19.2 Å². The third-order valence-corrected chi connectivity index (χ3v) is 4.51. The number of sulfonamides is 1. The average Bonchev–Trinajstić information content (AvgIpc) is 2.36. The van der Waals surface area contributed by atoms with E-state index in [9.17, 15) is 8.42 Å². The topological polar surface area (TPSA) is 81.9 Å². The van der Waals surface area contributed by atoms with Crippen LogP contribution in [0.5, 0.6) is 5.75 Å². The van der Waals surface area contributed by atoms with Gasteiger partial charge in [0.25, 0.3) is 0 Å². The van der Waals surface area contributed by atoms with E-state index in [4.69, 9.17) is 37.8 Å². The van der Waals surface area contributed by atoms with E-state index in [-0.39, 0.29) is 33.4 Å². The molecule has 1 aromatic rings. The Morgan fingerprint density at radius 2 is 2.05 bits per heavy atom. The van der Waals surface area contributed by atoms with Crippen LogP contribution in [0.2, 0.25) is 10.0 Å². The average molecular weight is 355 g/mol. The minimum absolute atomic E-state index is 0.0891. The van der Waals surface area contributed by atoms with E-state index >= 15 is 0 Å². The van der Waals surface area contributed by atoms with Gasteiger partial charge >= 0.3 is 0 Å². The standard InChI is InChI=1S/C12H16Cl2N2O4S/c1-16-2-3-19-8(6-16)7-20-12-10(13)4-9(5-11(12)14)21(15,17)18/h4-5,8H,2-3,6-7H2,1H3,(H2,15,17,18). The molecule has 6 nitrogen and oxygen atoms in total. The highest BCUT2D eigenvalue weighted by Gasteiger charge is 2.21. The SMILES string of the molecule is CN1CCOC(COc2c(Cl)cc(S(N)(=O)=O)cc2Cl)C1. The third-order valence-electron chi connectivity index (χ3n) is 3.06. The molecular weight excluding hydrogens is 339 g/mol. The van der Waals surface area contributed by atoms with Gasteiger partial charge in [0, 0.05) is 13.1 Å². The van der Waals surface area contributed by atoms with Crippen molar-refractivity contribution in [1.29, 1.82) is 0 Å². The molecule has 1 heterocycles. The Bertz CT molecular complexity index is 601. The second-order valence-corrected chi connectivity index (χ2v) is 7.20. The molecule has 2 N–H and O–H groups in total. The molecule has 0 saturated carbocycles. The first-order valence-corrected chi connectivity index (χ1v) is 8.52. The van der Waals surface area contributed by atoms with Gasteiger partial charge in [0.15, 0.2) is 5.75 Å². The van der Waals surface area contributed by atoms with Crippen molar-refractivity contribution in [2.75, 3.05) is 33.4 Å². The van der Waals surface area contributed by atoms with Gasteiger partial charge in [0.2, 0.25) is 10.0 Å². The van der Waals surface area contributed by atoms with E-state index in [1.54, 1.807) is 0 Å². The second kappa shape index (κ2) is 6.68. The Kier molecular flexibility index (Phi) is 5.34. The fraction of sp³-hybridized carbons (Fsp3) is 0.500. The van der Waals surface area contributed by atoms with E-state index < -0.39 is 10.0 Å². The van der Waals surface area contributed by atoms with Crippen molar-refractivity contribution in [2.24, 2.45) is 5.14 Å². The second-order valence-electron chi connectivity index (χ2n) is 4.83. The quantitative estimate of drug-likeness (QED) is 0.882. The predicted octanol–water partition coefficient (Wildman–Crippen LogP) is 1.35. The van der Waals surface area contributed by atoms with Gasteiger partial charge in [-0.1, -0.05) is 23.2 Å². The van der Waals surface area contributed by atoms with Crippen molar-refractivity contribution in [2.45, 2.75) is 11.0 Å². The van der Waals surface area contributed by atoms with Crippen LogP contribution in [-0.2, 0) is 14.8 Å². The predicted molar refractivity (Wildman–Crippen MR) is 80.6 cm³/mol. The van der Waals surface area contributed by atoms with Crippen molar-refractivity contribution in [3.05, 3.63) is 22.2 Å². The Hall–Kier alpha value is -0.570. The minimum Gasteiger partial charge on any atom is -0.488 e. The molecule has 1 saturated heterocycles. The minimum atomic E-state index is -3.86. The highest BCUT2D eigenvalue weighted by atomic mass is 35.5. The van der Waals surface area contributed by atoms with Crippen molar-refractivity contribution in [1.82, 2.24) is 4.90 Å². The summed E-state index contributed by atoms with van der Waals surface area (Å²) in [5.74, 6) is 0.225. The smallest absolute Gasteiger partial charge is 0.238 e. The molecule has 1 aliphatic rings. The summed E-state index contributed by atoms with van der Waals surface area (Å²) >= 11 is 12.0. The molecule has 0 spiro atoms. The summed E-state index contributed by atoms with van der Waals surface area (Å²) in [5.41, 5.74) is 0. The van der Waals surface area contributed by atoms with Crippen LogP contribution in [0.25, 0.3) is 0 Å². The molecule has 1 aromatic carbocycles. The van der Waals surface area contributed by atoms with Crippen LogP contribution in [0.1, 0.15) is 0 Å². The van der Waals surface area contributed by atoms with Crippen LogP contribution in [0, 0.1) is 0 Å². The monoisotopic (exact) mass is 354 g/mol. The van der Waals surface area contributed by atoms with Crippen molar-refractivity contribution < 1.29 is 17.9 Å². The molecule has 9 heteroatoms. The van der Waals surface area contributed by atoms with Crippen LogP contribution < -0.4 is 9.88 Å². The van der Waals surface area contributed by atoms with Crippen LogP contribution >= 0.6 is 23.2 Å². The number of nitrogens with two attached hydrogens (primary N) is 1. The Morgan fingerprint density at radius 3 is 2.57 bits per heavy atom. The molecule has 0 amide bonds. The normalized spacial score (nSPS) is 20.5. The molecule has 0 radical (unpaired) electrons. The zero-order valence-electron chi connectivity index (χ0n) is 11.4. The molecule has 2 rings (SSSR count). The van der Waals surface area contributed by atoms with Crippen LogP contribution in [0.15, 0.2) is 17.0 Å². The molecule has 1 unspecified atom stereocenters. The maximum atomic E-state index is 11.3. The van der Waals surface area contributed by atoms with Crippen molar-refractivity contribution >= 4 is 33.2 Å². The Balaban J connectivity index is 2.10. The van der Waals surface area contributed by atoms with Gasteiger partial charge in [-0.15, -0.1) is 0 Å². The van der Waals surface area contributed by atoms with E-state index in [0.29, 0.717) is 6.61 Å². The maximum Gasteiger partial charge on any atom is 0.238 e. The summed E-state index contributed by atoms with van der Waals surface area (Å²) in [5, 5.41) is 5.23. The summed E-state index contributed by atoms with van der Waals surface area (Å²) in [6, 6.07) is 2.43. The van der Waals surface area contributed by atoms with Crippen LogP contribution in [0.3, 0.4) is 0 Å². The number of hydrogen-bond donors (Lipinski definition) is 1. The van der Waals surface area contributed by atoms with Gasteiger partial charge in [0.05, 0.1) is 21.5 Å². The Labute approximate surface area is 133 Å². The van der Waals surface area contributed by atoms with Gasteiger partial charge < -0.3 is 14.4 Å². The summed E-state index contributed by atoms with van der Waals surface area (Å²) in [6.07, 6.45) is -0.0891. The van der Waals surface area contributed by atoms with E-state index in [0.717, 1.165) is 13.1 Å². The number of benzene rings is 1. The summed E-state index contributed by atoms with van der Waals surface area (Å²) in [7, 11) is -1.87. The lowest BCUT2D eigenvalue weighted by molar-refractivity contribution is -0.0403. The summed E-state index contributed by atoms with van der Waals surface area (Å²) < 4.78 is 33.7. The lowest BCUT2D eigenvalue weighted by Crippen LogP contribution is -2.42. The molecule has 0 bridgehead atoms. The maximum absolute atomic E-state index is 11.3. The molecule has 1 fully saturated rings. The molecule has 1 aliphatic heterocycles. The number of halogens is 2. The number of nitrogens with zero attached hydrogens (tertiary/aromatic N) is 1. The highest BCUT2D eigenvalue weighted by molar-refractivity contribution is 7.89. The number of likely N-dealkylation sites (N-methyl/N-ethyl adjacent to an activating group) is 1. The van der Waals surface area contributed by atoms with Crippen molar-refractivity contribution in [3.63, 3.8) is 0 Å². The van der Waals surface area contributed by atoms with Gasteiger partial charge in [-0.2, -0.15) is 0 Å². The van der Waals surface area contributed by atoms with Gasteiger partial charge in [0.1, 0.15) is 12.7 Å². The van der Waals surface area contributed by atoms with E-state index in [1.807, 2.05) is 7.05 Å². The molecule has 118 valence electrons. The van der Waals surface area contributed by atoms with E-state index in [2.05, 4.69) is 4.90 Å². The van der Waals surface area contributed by atoms with Crippen molar-refractivity contribution in [3.8, 4) is 5.75 Å². The molecule has 1 atom stereocenters. The van der Waals surface area contributed by atoms with E-state index in [1.165, 1.54) is 12.1 Å². The van der Waals surface area contributed by atoms with Gasteiger partial charge in [-0.3, -0.25) is 0 Å². The number of ether oxygens (including phenoxy) is 2. The summed E-state index contributed by atoms with van der Waals surface area (Å²) in [4.78, 5) is 1.98. The van der Waals surface area contributed by atoms with Crippen LogP contribution in [-0.4, -0.2) is 52.8 Å². The zero-order chi connectivity index (χ0) is 15.6. The fourth-order valence-corrected chi connectivity index (χ4v) is 3.27. The molecule has 0 aromatic heterocycles.